The Labute approximate surface area is 60.2 Å². The molecule has 0 bridgehead atoms. The van der Waals surface area contributed by atoms with Gasteiger partial charge in [-0.1, -0.05) is 11.6 Å². The molecule has 0 aromatic carbocycles. The summed E-state index contributed by atoms with van der Waals surface area (Å²) in [6.45, 7) is 4.08. The zero-order chi connectivity index (χ0) is 7.02. The minimum absolute atomic E-state index is 0.840. The topological polar surface area (TPSA) is 4.93 Å². The van der Waals surface area contributed by atoms with Crippen LogP contribution in [0, 0.1) is 13.8 Å². The average molecular weight is 144 g/mol. The average Bonchev–Trinajstić information content (AvgIpc) is 1.98. The van der Waals surface area contributed by atoms with Crippen LogP contribution in [0.25, 0.3) is 0 Å². The molecule has 0 saturated carbocycles. The van der Waals surface area contributed by atoms with Crippen LogP contribution >= 0.6 is 11.6 Å². The zero-order valence-corrected chi connectivity index (χ0v) is 6.66. The second kappa shape index (κ2) is 2.07. The molecule has 0 aliphatic rings. The van der Waals surface area contributed by atoms with Gasteiger partial charge in [-0.05, 0) is 25.0 Å². The summed E-state index contributed by atoms with van der Waals surface area (Å²) in [4.78, 5) is 0. The van der Waals surface area contributed by atoms with Crippen molar-refractivity contribution in [1.29, 1.82) is 0 Å². The fourth-order valence-corrected chi connectivity index (χ4v) is 1.07. The Morgan fingerprint density at radius 1 is 1.44 bits per heavy atom. The van der Waals surface area contributed by atoms with Gasteiger partial charge in [-0.3, -0.25) is 0 Å². The van der Waals surface area contributed by atoms with E-state index in [9.17, 15) is 0 Å². The van der Waals surface area contributed by atoms with E-state index in [-0.39, 0.29) is 0 Å². The lowest BCUT2D eigenvalue weighted by molar-refractivity contribution is 0.923. The lowest BCUT2D eigenvalue weighted by atomic mass is 10.2. The summed E-state index contributed by atoms with van der Waals surface area (Å²) >= 11 is 5.86. The van der Waals surface area contributed by atoms with Crippen molar-refractivity contribution < 1.29 is 0 Å². The lowest BCUT2D eigenvalue weighted by Gasteiger charge is -1.90. The number of hydrogen-bond acceptors (Lipinski definition) is 0. The van der Waals surface area contributed by atoms with Gasteiger partial charge in [0.1, 0.15) is 5.15 Å². The van der Waals surface area contributed by atoms with Crippen LogP contribution in [-0.2, 0) is 7.05 Å². The predicted molar refractivity (Wildman–Crippen MR) is 39.9 cm³/mol. The van der Waals surface area contributed by atoms with E-state index in [2.05, 4.69) is 6.92 Å². The van der Waals surface area contributed by atoms with E-state index in [1.165, 1.54) is 11.1 Å². The highest BCUT2D eigenvalue weighted by Gasteiger charge is 2.01. The maximum absolute atomic E-state index is 5.86. The molecule has 0 saturated heterocycles. The smallest absolute Gasteiger partial charge is 0.111 e. The SMILES string of the molecule is Cc1cn(C)c(Cl)c1C. The van der Waals surface area contributed by atoms with Crippen LogP contribution in [0.1, 0.15) is 11.1 Å². The summed E-state index contributed by atoms with van der Waals surface area (Å²) in [5, 5.41) is 0.840. The summed E-state index contributed by atoms with van der Waals surface area (Å²) in [7, 11) is 1.95. The van der Waals surface area contributed by atoms with Crippen molar-refractivity contribution in [2.75, 3.05) is 0 Å². The third-order valence-corrected chi connectivity index (χ3v) is 2.15. The van der Waals surface area contributed by atoms with Gasteiger partial charge in [-0.25, -0.2) is 0 Å². The van der Waals surface area contributed by atoms with E-state index >= 15 is 0 Å². The summed E-state index contributed by atoms with van der Waals surface area (Å²) < 4.78 is 1.92. The molecule has 2 heteroatoms. The minimum atomic E-state index is 0.840. The van der Waals surface area contributed by atoms with Crippen molar-refractivity contribution in [3.05, 3.63) is 22.5 Å². The fraction of sp³-hybridized carbons (Fsp3) is 0.429. The van der Waals surface area contributed by atoms with E-state index in [1.807, 2.05) is 24.7 Å². The molecule has 0 spiro atoms. The molecule has 1 nitrogen and oxygen atoms in total. The lowest BCUT2D eigenvalue weighted by Crippen LogP contribution is -1.82. The first kappa shape index (κ1) is 6.69. The van der Waals surface area contributed by atoms with E-state index in [0.29, 0.717) is 0 Å². The molecule has 0 unspecified atom stereocenters. The highest BCUT2D eigenvalue weighted by Crippen LogP contribution is 2.18. The van der Waals surface area contributed by atoms with Crippen molar-refractivity contribution in [2.24, 2.45) is 7.05 Å². The second-order valence-electron chi connectivity index (χ2n) is 2.34. The van der Waals surface area contributed by atoms with Gasteiger partial charge >= 0.3 is 0 Å². The normalized spacial score (nSPS) is 10.2. The van der Waals surface area contributed by atoms with Crippen molar-refractivity contribution in [3.8, 4) is 0 Å². The Kier molecular flexibility index (Phi) is 1.54. The van der Waals surface area contributed by atoms with Gasteiger partial charge in [-0.15, -0.1) is 0 Å². The quantitative estimate of drug-likeness (QED) is 0.525. The third-order valence-electron chi connectivity index (χ3n) is 1.60. The van der Waals surface area contributed by atoms with E-state index in [4.69, 9.17) is 11.6 Å². The van der Waals surface area contributed by atoms with Crippen LogP contribution in [0.4, 0.5) is 0 Å². The molecule has 1 heterocycles. The van der Waals surface area contributed by atoms with E-state index < -0.39 is 0 Å². The van der Waals surface area contributed by atoms with Crippen LogP contribution in [0.5, 0.6) is 0 Å². The van der Waals surface area contributed by atoms with Crippen LogP contribution < -0.4 is 0 Å². The molecule has 0 fully saturated rings. The number of rotatable bonds is 0. The van der Waals surface area contributed by atoms with Gasteiger partial charge in [-0.2, -0.15) is 0 Å². The Bertz CT molecular complexity index is 203. The van der Waals surface area contributed by atoms with Gasteiger partial charge in [0, 0.05) is 13.2 Å². The Hall–Kier alpha value is -0.430. The Morgan fingerprint density at radius 3 is 2.11 bits per heavy atom. The molecule has 1 aromatic heterocycles. The second-order valence-corrected chi connectivity index (χ2v) is 2.70. The Morgan fingerprint density at radius 2 is 2.00 bits per heavy atom. The molecular weight excluding hydrogens is 134 g/mol. The molecule has 0 N–H and O–H groups in total. The summed E-state index contributed by atoms with van der Waals surface area (Å²) in [6.07, 6.45) is 2.03. The van der Waals surface area contributed by atoms with Crippen LogP contribution in [0.3, 0.4) is 0 Å². The molecule has 0 radical (unpaired) electrons. The standard InChI is InChI=1S/C7H10ClN/c1-5-4-9(3)7(8)6(5)2/h4H,1-3H3. The fourth-order valence-electron chi connectivity index (χ4n) is 0.871. The molecular formula is C7H10ClN. The molecule has 0 aliphatic heterocycles. The highest BCUT2D eigenvalue weighted by molar-refractivity contribution is 6.30. The summed E-state index contributed by atoms with van der Waals surface area (Å²) in [6, 6.07) is 0. The molecule has 0 amide bonds. The van der Waals surface area contributed by atoms with Gasteiger partial charge in [0.2, 0.25) is 0 Å². The Balaban J connectivity index is 3.29. The van der Waals surface area contributed by atoms with E-state index in [0.717, 1.165) is 5.15 Å². The number of hydrogen-bond donors (Lipinski definition) is 0. The number of nitrogens with zero attached hydrogens (tertiary/aromatic N) is 1. The molecule has 1 rings (SSSR count). The number of halogens is 1. The largest absolute Gasteiger partial charge is 0.341 e. The number of aryl methyl sites for hydroxylation is 2. The first-order valence-electron chi connectivity index (χ1n) is 2.91. The van der Waals surface area contributed by atoms with Crippen LogP contribution in [0.2, 0.25) is 5.15 Å². The minimum Gasteiger partial charge on any atom is -0.341 e. The maximum atomic E-state index is 5.86. The van der Waals surface area contributed by atoms with Crippen molar-refractivity contribution in [1.82, 2.24) is 4.57 Å². The van der Waals surface area contributed by atoms with Gasteiger partial charge < -0.3 is 4.57 Å². The third kappa shape index (κ3) is 0.969. The summed E-state index contributed by atoms with van der Waals surface area (Å²) in [5.74, 6) is 0. The van der Waals surface area contributed by atoms with Crippen molar-refractivity contribution >= 4 is 11.6 Å². The monoisotopic (exact) mass is 143 g/mol. The number of aromatic nitrogens is 1. The van der Waals surface area contributed by atoms with Crippen molar-refractivity contribution in [3.63, 3.8) is 0 Å². The highest BCUT2D eigenvalue weighted by atomic mass is 35.5. The molecule has 0 aliphatic carbocycles. The van der Waals surface area contributed by atoms with Crippen LogP contribution in [0.15, 0.2) is 6.20 Å². The molecule has 0 atom stereocenters. The first-order chi connectivity index (χ1) is 4.13. The first-order valence-corrected chi connectivity index (χ1v) is 3.28. The van der Waals surface area contributed by atoms with Gasteiger partial charge in [0.05, 0.1) is 0 Å². The zero-order valence-electron chi connectivity index (χ0n) is 5.90. The summed E-state index contributed by atoms with van der Waals surface area (Å²) in [5.41, 5.74) is 2.43. The van der Waals surface area contributed by atoms with Gasteiger partial charge in [0.15, 0.2) is 0 Å². The molecule has 1 aromatic rings. The van der Waals surface area contributed by atoms with E-state index in [1.54, 1.807) is 0 Å². The molecule has 9 heavy (non-hydrogen) atoms. The van der Waals surface area contributed by atoms with Gasteiger partial charge in [0.25, 0.3) is 0 Å². The predicted octanol–water partition coefficient (Wildman–Crippen LogP) is 2.30. The van der Waals surface area contributed by atoms with Crippen LogP contribution in [-0.4, -0.2) is 4.57 Å². The van der Waals surface area contributed by atoms with Crippen molar-refractivity contribution in [2.45, 2.75) is 13.8 Å². The molecule has 50 valence electrons. The maximum Gasteiger partial charge on any atom is 0.111 e.